The fraction of sp³-hybridized carbons (Fsp3) is 0.0714. The molecule has 4 aromatic carbocycles. The fourth-order valence-corrected chi connectivity index (χ4v) is 3.99. The summed E-state index contributed by atoms with van der Waals surface area (Å²) in [6.45, 7) is 0. The molecule has 0 fully saturated rings. The van der Waals surface area contributed by atoms with Crippen LogP contribution in [0.2, 0.25) is 10.0 Å². The summed E-state index contributed by atoms with van der Waals surface area (Å²) in [7, 11) is 0. The van der Waals surface area contributed by atoms with Crippen molar-refractivity contribution in [2.75, 3.05) is 0 Å². The van der Waals surface area contributed by atoms with Gasteiger partial charge in [-0.25, -0.2) is 0 Å². The third-order valence-corrected chi connectivity index (χ3v) is 6.33. The molecule has 0 amide bonds. The van der Waals surface area contributed by atoms with E-state index >= 15 is 0 Å². The minimum atomic E-state index is -1.32. The molecular formula is C28H20AlCl2O6+. The van der Waals surface area contributed by atoms with E-state index < -0.39 is 27.8 Å². The van der Waals surface area contributed by atoms with Crippen LogP contribution in [0.5, 0.6) is 23.0 Å². The fourth-order valence-electron chi connectivity index (χ4n) is 3.25. The van der Waals surface area contributed by atoms with Crippen molar-refractivity contribution in [2.24, 2.45) is 0 Å². The van der Waals surface area contributed by atoms with Crippen molar-refractivity contribution in [1.82, 2.24) is 0 Å². The van der Waals surface area contributed by atoms with E-state index in [1.807, 2.05) is 36.4 Å². The van der Waals surface area contributed by atoms with E-state index in [0.29, 0.717) is 44.2 Å². The van der Waals surface area contributed by atoms with Gasteiger partial charge in [0.25, 0.3) is 0 Å². The number of benzene rings is 4. The molecule has 184 valence electrons. The van der Waals surface area contributed by atoms with Crippen LogP contribution in [-0.2, 0) is 30.0 Å². The molecule has 0 aromatic heterocycles. The predicted octanol–water partition coefficient (Wildman–Crippen LogP) is 6.98. The van der Waals surface area contributed by atoms with Gasteiger partial charge >= 0.3 is 232 Å². The van der Waals surface area contributed by atoms with Crippen LogP contribution in [0.25, 0.3) is 0 Å². The average molecular weight is 550 g/mol. The molecule has 0 unspecified atom stereocenters. The van der Waals surface area contributed by atoms with E-state index in [1.165, 1.54) is 0 Å². The van der Waals surface area contributed by atoms with Gasteiger partial charge in [0.1, 0.15) is 0 Å². The Hall–Kier alpha value is -3.47. The van der Waals surface area contributed by atoms with Gasteiger partial charge < -0.3 is 0 Å². The van der Waals surface area contributed by atoms with Gasteiger partial charge in [0.05, 0.1) is 0 Å². The molecule has 6 nitrogen and oxygen atoms in total. The summed E-state index contributed by atoms with van der Waals surface area (Å²) in [6.07, 6.45) is -0.0471. The summed E-state index contributed by atoms with van der Waals surface area (Å²) in [6, 6.07) is 28.4. The second-order valence-electron chi connectivity index (χ2n) is 7.79. The number of carbonyl (C=O) groups excluding carboxylic acids is 2. The molecule has 0 heterocycles. The second kappa shape index (κ2) is 13.2. The maximum absolute atomic E-state index is 12.3. The first-order valence-corrected chi connectivity index (χ1v) is 12.9. The molecule has 37 heavy (non-hydrogen) atoms. The van der Waals surface area contributed by atoms with Crippen molar-refractivity contribution in [3.63, 3.8) is 0 Å². The topological polar surface area (TPSA) is 71.1 Å². The summed E-state index contributed by atoms with van der Waals surface area (Å²) >= 11 is 11.1. The van der Waals surface area contributed by atoms with Crippen molar-refractivity contribution < 1.29 is 26.6 Å². The number of ether oxygens (including phenoxy) is 2. The molecule has 0 saturated heterocycles. The van der Waals surface area contributed by atoms with Crippen LogP contribution < -0.4 is 9.47 Å². The van der Waals surface area contributed by atoms with Gasteiger partial charge in [-0.2, -0.15) is 0 Å². The Morgan fingerprint density at radius 1 is 0.595 bits per heavy atom. The van der Waals surface area contributed by atoms with E-state index in [9.17, 15) is 9.59 Å². The number of halogens is 2. The summed E-state index contributed by atoms with van der Waals surface area (Å²) in [5.41, 5.74) is 1.30. The Balaban J connectivity index is 1.25. The number of para-hydroxylation sites is 2. The van der Waals surface area contributed by atoms with Crippen molar-refractivity contribution in [2.45, 2.75) is 12.8 Å². The van der Waals surface area contributed by atoms with Gasteiger partial charge in [-0.3, -0.25) is 0 Å². The Morgan fingerprint density at radius 2 is 1.00 bits per heavy atom. The van der Waals surface area contributed by atoms with Crippen molar-refractivity contribution in [3.05, 3.63) is 118 Å². The molecular weight excluding hydrogens is 530 g/mol. The first-order chi connectivity index (χ1) is 18.0. The average Bonchev–Trinajstić information content (AvgIpc) is 2.89. The first-order valence-electron chi connectivity index (χ1n) is 11.2. The summed E-state index contributed by atoms with van der Waals surface area (Å²) < 4.78 is 21.9. The van der Waals surface area contributed by atoms with Gasteiger partial charge in [0, 0.05) is 0 Å². The standard InChI is InChI=1S/2C14H11ClO3.Al/c2*15-12-7-6-10(9-14(16)17)8-13(12)18-11-4-2-1-3-5-11;/h2*1-8H,9H2,(H,16,17);/q;;+3/p-2. The van der Waals surface area contributed by atoms with Gasteiger partial charge in [-0.1, -0.05) is 0 Å². The first kappa shape index (κ1) is 26.6. The van der Waals surface area contributed by atoms with Crippen molar-refractivity contribution in [3.8, 4) is 23.0 Å². The van der Waals surface area contributed by atoms with Crippen LogP contribution in [0.1, 0.15) is 11.1 Å². The van der Waals surface area contributed by atoms with E-state index in [1.54, 1.807) is 60.7 Å². The SMILES string of the molecule is O=C(Cc1ccc(Cl)c(Oc2ccccc2)c1)[O][Al+][O]C(=O)Cc1ccc(Cl)c(Oc2ccccc2)c1. The molecule has 4 rings (SSSR count). The molecule has 0 N–H and O–H groups in total. The minimum absolute atomic E-state index is 0.0236. The van der Waals surface area contributed by atoms with Gasteiger partial charge in [0.15, 0.2) is 0 Å². The summed E-state index contributed by atoms with van der Waals surface area (Å²) in [5, 5.41) is 0.833. The second-order valence-corrected chi connectivity index (χ2v) is 9.27. The van der Waals surface area contributed by atoms with Gasteiger partial charge in [-0.05, 0) is 0 Å². The monoisotopic (exact) mass is 549 g/mol. The Bertz CT molecular complexity index is 1260. The van der Waals surface area contributed by atoms with Crippen LogP contribution in [0.15, 0.2) is 97.1 Å². The zero-order valence-corrected chi connectivity index (χ0v) is 22.1. The normalized spacial score (nSPS) is 10.2. The molecule has 4 aromatic rings. The van der Waals surface area contributed by atoms with E-state index in [4.69, 9.17) is 40.3 Å². The molecule has 0 spiro atoms. The Labute approximate surface area is 231 Å². The number of carbonyl (C=O) groups is 2. The molecule has 0 bridgehead atoms. The Kier molecular flexibility index (Phi) is 9.48. The van der Waals surface area contributed by atoms with Crippen LogP contribution >= 0.6 is 23.2 Å². The van der Waals surface area contributed by atoms with Crippen LogP contribution in [-0.4, -0.2) is 27.8 Å². The third kappa shape index (κ3) is 8.28. The number of rotatable bonds is 10. The molecule has 0 radical (unpaired) electrons. The summed E-state index contributed by atoms with van der Waals surface area (Å²) in [5.74, 6) is 1.05. The third-order valence-electron chi connectivity index (χ3n) is 4.99. The molecule has 0 atom stereocenters. The molecule has 0 aliphatic carbocycles. The molecule has 0 aliphatic heterocycles. The Morgan fingerprint density at radius 3 is 1.41 bits per heavy atom. The van der Waals surface area contributed by atoms with Gasteiger partial charge in [-0.15, -0.1) is 0 Å². The van der Waals surface area contributed by atoms with Crippen molar-refractivity contribution >= 4 is 51.0 Å². The zero-order valence-electron chi connectivity index (χ0n) is 19.4. The molecule has 9 heteroatoms. The van der Waals surface area contributed by atoms with E-state index in [-0.39, 0.29) is 12.8 Å². The van der Waals surface area contributed by atoms with Gasteiger partial charge in [0.2, 0.25) is 0 Å². The van der Waals surface area contributed by atoms with Crippen LogP contribution in [0.4, 0.5) is 0 Å². The van der Waals surface area contributed by atoms with Crippen LogP contribution in [0, 0.1) is 0 Å². The molecule has 0 saturated carbocycles. The predicted molar refractivity (Wildman–Crippen MR) is 141 cm³/mol. The van der Waals surface area contributed by atoms with E-state index in [2.05, 4.69) is 0 Å². The zero-order chi connectivity index (χ0) is 26.0. The quantitative estimate of drug-likeness (QED) is 0.199. The number of hydrogen-bond acceptors (Lipinski definition) is 6. The maximum atomic E-state index is 12.3. The van der Waals surface area contributed by atoms with E-state index in [0.717, 1.165) is 0 Å². The van der Waals surface area contributed by atoms with Crippen LogP contribution in [0.3, 0.4) is 0 Å². The summed E-state index contributed by atoms with van der Waals surface area (Å²) in [4.78, 5) is 24.5. The number of hydrogen-bond donors (Lipinski definition) is 0. The molecule has 0 aliphatic rings. The van der Waals surface area contributed by atoms with Crippen molar-refractivity contribution in [1.29, 1.82) is 0 Å².